The number of halogens is 2. The molecule has 2 atom stereocenters. The predicted octanol–water partition coefficient (Wildman–Crippen LogP) is 5.81. The number of hydrogen-bond acceptors (Lipinski definition) is 5. The van der Waals surface area contributed by atoms with Crippen LogP contribution < -0.4 is 0 Å². The van der Waals surface area contributed by atoms with Gasteiger partial charge in [0.2, 0.25) is 0 Å². The average molecular weight is 502 g/mol. The molecule has 4 aromatic rings. The van der Waals surface area contributed by atoms with Crippen molar-refractivity contribution >= 4 is 32.5 Å². The lowest BCUT2D eigenvalue weighted by Gasteiger charge is -2.19. The van der Waals surface area contributed by atoms with Gasteiger partial charge in [0.05, 0.1) is 39.3 Å². The lowest BCUT2D eigenvalue weighted by Crippen LogP contribution is -2.16. The van der Waals surface area contributed by atoms with Gasteiger partial charge < -0.3 is 9.09 Å². The number of rotatable bonds is 5. The van der Waals surface area contributed by atoms with Crippen molar-refractivity contribution in [3.63, 3.8) is 0 Å². The molecule has 0 amide bonds. The molecule has 0 bridgehead atoms. The van der Waals surface area contributed by atoms with E-state index < -0.39 is 15.7 Å². The first-order valence-electron chi connectivity index (χ1n) is 11.2. The number of nitrogens with zero attached hydrogens (tertiary/aromatic N) is 3. The van der Waals surface area contributed by atoms with E-state index in [-0.39, 0.29) is 28.5 Å². The molecule has 2 aromatic carbocycles. The molecular weight excluding hydrogens is 477 g/mol. The van der Waals surface area contributed by atoms with Crippen molar-refractivity contribution < 1.29 is 17.3 Å². The number of hydrogen-bond donors (Lipinski definition) is 0. The van der Waals surface area contributed by atoms with Crippen molar-refractivity contribution in [2.24, 2.45) is 0 Å². The number of aromatic nitrogens is 3. The van der Waals surface area contributed by atoms with Gasteiger partial charge in [-0.2, -0.15) is 0 Å². The van der Waals surface area contributed by atoms with Crippen LogP contribution in [0.3, 0.4) is 0 Å². The topological polar surface area (TPSA) is 78.0 Å². The van der Waals surface area contributed by atoms with Gasteiger partial charge >= 0.3 is 0 Å². The number of sulfone groups is 1. The summed E-state index contributed by atoms with van der Waals surface area (Å²) in [4.78, 5) is 4.97. The molecule has 0 unspecified atom stereocenters. The predicted molar refractivity (Wildman–Crippen MR) is 131 cm³/mol. The van der Waals surface area contributed by atoms with Crippen LogP contribution in [0.15, 0.2) is 40.9 Å². The zero-order valence-electron chi connectivity index (χ0n) is 19.2. The fraction of sp³-hybridized carbons (Fsp3) is 0.360. The van der Waals surface area contributed by atoms with Crippen molar-refractivity contribution in [3.05, 3.63) is 70.1 Å². The second kappa shape index (κ2) is 8.50. The maximum Gasteiger partial charge on any atom is 0.152 e. The summed E-state index contributed by atoms with van der Waals surface area (Å²) in [5, 5.41) is 4.14. The van der Waals surface area contributed by atoms with Crippen molar-refractivity contribution in [2.45, 2.75) is 45.6 Å². The lowest BCUT2D eigenvalue weighted by molar-refractivity contribution is 0.393. The summed E-state index contributed by atoms with van der Waals surface area (Å²) in [7, 11) is -3.09. The van der Waals surface area contributed by atoms with E-state index in [0.717, 1.165) is 45.0 Å². The Bertz CT molecular complexity index is 1490. The lowest BCUT2D eigenvalue weighted by atomic mass is 10.00. The third-order valence-electron chi connectivity index (χ3n) is 6.58. The Kier molecular flexibility index (Phi) is 5.76. The summed E-state index contributed by atoms with van der Waals surface area (Å²) >= 11 is 5.85. The molecule has 9 heteroatoms. The van der Waals surface area contributed by atoms with E-state index in [9.17, 15) is 12.8 Å². The maximum absolute atomic E-state index is 14.0. The molecular formula is C25H25ClFN3O3S. The Balaban J connectivity index is 1.61. The fourth-order valence-electron chi connectivity index (χ4n) is 4.99. The molecule has 1 aliphatic rings. The van der Waals surface area contributed by atoms with E-state index in [4.69, 9.17) is 21.1 Å². The van der Waals surface area contributed by atoms with Gasteiger partial charge in [-0.15, -0.1) is 0 Å². The van der Waals surface area contributed by atoms with Gasteiger partial charge in [-0.25, -0.2) is 17.8 Å². The van der Waals surface area contributed by atoms with E-state index in [1.54, 1.807) is 6.07 Å². The van der Waals surface area contributed by atoms with Crippen molar-refractivity contribution in [2.75, 3.05) is 11.5 Å². The highest BCUT2D eigenvalue weighted by atomic mass is 35.5. The Labute approximate surface area is 202 Å². The third kappa shape index (κ3) is 4.14. The molecule has 1 aliphatic heterocycles. The van der Waals surface area contributed by atoms with E-state index in [1.165, 1.54) is 6.07 Å². The van der Waals surface area contributed by atoms with Crippen LogP contribution in [0.25, 0.3) is 22.2 Å². The second-order valence-electron chi connectivity index (χ2n) is 9.15. The second-order valence-corrected chi connectivity index (χ2v) is 11.8. The van der Waals surface area contributed by atoms with Crippen molar-refractivity contribution in [3.8, 4) is 11.1 Å². The van der Waals surface area contributed by atoms with Gasteiger partial charge in [-0.05, 0) is 62.1 Å². The zero-order chi connectivity index (χ0) is 24.2. The van der Waals surface area contributed by atoms with Crippen molar-refractivity contribution in [1.82, 2.24) is 14.7 Å². The minimum atomic E-state index is -3.09. The molecule has 1 saturated heterocycles. The van der Waals surface area contributed by atoms with Crippen LogP contribution in [0, 0.1) is 19.7 Å². The average Bonchev–Trinajstić information content (AvgIpc) is 3.44. The Hall–Kier alpha value is -2.71. The van der Waals surface area contributed by atoms with Gasteiger partial charge in [-0.3, -0.25) is 0 Å². The molecule has 3 heterocycles. The Morgan fingerprint density at radius 3 is 2.68 bits per heavy atom. The molecule has 0 spiro atoms. The van der Waals surface area contributed by atoms with Crippen LogP contribution in [-0.2, 0) is 16.3 Å². The van der Waals surface area contributed by atoms with Gasteiger partial charge in [0, 0.05) is 11.5 Å². The highest BCUT2D eigenvalue weighted by Crippen LogP contribution is 2.36. The zero-order valence-corrected chi connectivity index (χ0v) is 20.8. The molecule has 0 aliphatic carbocycles. The van der Waals surface area contributed by atoms with E-state index in [2.05, 4.69) is 9.72 Å². The highest BCUT2D eigenvalue weighted by Gasteiger charge is 2.33. The van der Waals surface area contributed by atoms with Crippen LogP contribution in [0.4, 0.5) is 4.39 Å². The normalized spacial score (nSPS) is 18.6. The van der Waals surface area contributed by atoms with Crippen molar-refractivity contribution in [1.29, 1.82) is 0 Å². The van der Waals surface area contributed by atoms with E-state index in [1.807, 2.05) is 45.0 Å². The quantitative estimate of drug-likeness (QED) is 0.345. The molecule has 2 aromatic heterocycles. The summed E-state index contributed by atoms with van der Waals surface area (Å²) < 4.78 is 46.0. The monoisotopic (exact) mass is 501 g/mol. The number of imidazole rings is 1. The minimum Gasteiger partial charge on any atom is -0.361 e. The molecule has 34 heavy (non-hydrogen) atoms. The highest BCUT2D eigenvalue weighted by molar-refractivity contribution is 7.91. The van der Waals surface area contributed by atoms with E-state index >= 15 is 0 Å². The maximum atomic E-state index is 14.0. The van der Waals surface area contributed by atoms with Crippen LogP contribution in [0.5, 0.6) is 0 Å². The van der Waals surface area contributed by atoms with E-state index in [0.29, 0.717) is 12.8 Å². The molecule has 1 fully saturated rings. The third-order valence-corrected chi connectivity index (χ3v) is 8.64. The number of aryl methyl sites for hydroxylation is 2. The van der Waals surface area contributed by atoms with Crippen LogP contribution >= 0.6 is 11.6 Å². The summed E-state index contributed by atoms with van der Waals surface area (Å²) in [6.45, 7) is 5.81. The Morgan fingerprint density at radius 1 is 1.24 bits per heavy atom. The molecule has 6 nitrogen and oxygen atoms in total. The largest absolute Gasteiger partial charge is 0.361 e. The van der Waals surface area contributed by atoms with Gasteiger partial charge in [0.25, 0.3) is 0 Å². The summed E-state index contributed by atoms with van der Waals surface area (Å²) in [5.74, 6) is 1.27. The molecule has 0 radical (unpaired) electrons. The molecule has 0 N–H and O–H groups in total. The Morgan fingerprint density at radius 2 is 2.03 bits per heavy atom. The SMILES string of the molecule is Cc1noc(C)c1-c1ccc2c(c1)nc([C@H](C)Cc1ccc(Cl)c(F)c1)n2[C@@H]1CCS(=O)(=O)C1. The smallest absolute Gasteiger partial charge is 0.152 e. The molecule has 178 valence electrons. The van der Waals surface area contributed by atoms with Gasteiger partial charge in [0.1, 0.15) is 17.4 Å². The molecule has 5 rings (SSSR count). The van der Waals surface area contributed by atoms with Crippen LogP contribution in [0.1, 0.15) is 48.1 Å². The van der Waals surface area contributed by atoms with Crippen LogP contribution in [0.2, 0.25) is 5.02 Å². The molecule has 0 saturated carbocycles. The number of benzene rings is 2. The standard InChI is InChI=1S/C25H25ClFN3O3S/c1-14(10-17-4-6-20(26)21(27)11-17)25-28-22-12-18(24-15(2)29-33-16(24)3)5-7-23(22)30(25)19-8-9-34(31,32)13-19/h4-7,11-12,14,19H,8-10,13H2,1-3H3/t14-,19-/m1/s1. The summed E-state index contributed by atoms with van der Waals surface area (Å²) in [6, 6.07) is 10.6. The first-order chi connectivity index (χ1) is 16.1. The minimum absolute atomic E-state index is 0.0706. The van der Waals surface area contributed by atoms with Gasteiger partial charge in [-0.1, -0.05) is 35.8 Å². The summed E-state index contributed by atoms with van der Waals surface area (Å²) in [5.41, 5.74) is 5.17. The van der Waals surface area contributed by atoms with Gasteiger partial charge in [0.15, 0.2) is 9.84 Å². The first kappa shape index (κ1) is 23.1. The van der Waals surface area contributed by atoms with Crippen LogP contribution in [-0.4, -0.2) is 34.6 Å². The summed E-state index contributed by atoms with van der Waals surface area (Å²) in [6.07, 6.45) is 1.10. The fourth-order valence-corrected chi connectivity index (χ4v) is 6.81. The first-order valence-corrected chi connectivity index (χ1v) is 13.4. The number of fused-ring (bicyclic) bond motifs is 1.